The van der Waals surface area contributed by atoms with Crippen molar-refractivity contribution in [3.8, 4) is 0 Å². The van der Waals surface area contributed by atoms with Crippen LogP contribution in [0, 0.1) is 5.41 Å². The first-order chi connectivity index (χ1) is 4.04. The Morgan fingerprint density at radius 2 is 2.11 bits per heavy atom. The zero-order valence-corrected chi connectivity index (χ0v) is 6.57. The van der Waals surface area contributed by atoms with E-state index in [0.29, 0.717) is 5.41 Å². The second-order valence-electron chi connectivity index (χ2n) is 3.50. The topological polar surface area (TPSA) is 3.24 Å². The molecular formula is C8H15N. The largest absolute Gasteiger partial charge is 0.378 e. The summed E-state index contributed by atoms with van der Waals surface area (Å²) >= 11 is 0. The van der Waals surface area contributed by atoms with Crippen molar-refractivity contribution < 1.29 is 0 Å². The zero-order valence-electron chi connectivity index (χ0n) is 6.57. The predicted octanol–water partition coefficient (Wildman–Crippen LogP) is 1.86. The molecule has 0 N–H and O–H groups in total. The summed E-state index contributed by atoms with van der Waals surface area (Å²) in [4.78, 5) is 2.24. The van der Waals surface area contributed by atoms with E-state index in [0.717, 1.165) is 0 Å². The smallest absolute Gasteiger partial charge is 0.0180 e. The van der Waals surface area contributed by atoms with Crippen LogP contribution in [-0.2, 0) is 0 Å². The van der Waals surface area contributed by atoms with Crippen LogP contribution in [-0.4, -0.2) is 18.5 Å². The van der Waals surface area contributed by atoms with Crippen molar-refractivity contribution in [2.24, 2.45) is 5.41 Å². The van der Waals surface area contributed by atoms with Gasteiger partial charge in [-0.1, -0.05) is 20.4 Å². The third-order valence-electron chi connectivity index (χ3n) is 2.31. The standard InChI is InChI=1S/C8H15N/c1-7-8(2,3)5-6-9(7)4/h1,5-6H2,2-4H3. The van der Waals surface area contributed by atoms with Crippen molar-refractivity contribution >= 4 is 0 Å². The number of hydrogen-bond donors (Lipinski definition) is 0. The molecule has 9 heavy (non-hydrogen) atoms. The summed E-state index contributed by atoms with van der Waals surface area (Å²) in [5.41, 5.74) is 1.64. The van der Waals surface area contributed by atoms with Gasteiger partial charge in [0.25, 0.3) is 0 Å². The Bertz CT molecular complexity index is 136. The summed E-state index contributed by atoms with van der Waals surface area (Å²) < 4.78 is 0. The van der Waals surface area contributed by atoms with Gasteiger partial charge in [-0.2, -0.15) is 0 Å². The maximum Gasteiger partial charge on any atom is 0.0180 e. The Kier molecular flexibility index (Phi) is 1.30. The molecular weight excluding hydrogens is 110 g/mol. The third-order valence-corrected chi connectivity index (χ3v) is 2.31. The Hall–Kier alpha value is -0.460. The second-order valence-corrected chi connectivity index (χ2v) is 3.50. The molecule has 0 bridgehead atoms. The molecule has 0 radical (unpaired) electrons. The van der Waals surface area contributed by atoms with Crippen LogP contribution in [0.5, 0.6) is 0 Å². The van der Waals surface area contributed by atoms with Gasteiger partial charge in [-0.3, -0.25) is 0 Å². The molecule has 0 amide bonds. The van der Waals surface area contributed by atoms with E-state index in [1.54, 1.807) is 0 Å². The summed E-state index contributed by atoms with van der Waals surface area (Å²) in [6.45, 7) is 9.68. The molecule has 0 aromatic heterocycles. The summed E-state index contributed by atoms with van der Waals surface area (Å²) in [6.07, 6.45) is 1.25. The summed E-state index contributed by atoms with van der Waals surface area (Å²) in [6, 6.07) is 0. The molecule has 1 saturated heterocycles. The monoisotopic (exact) mass is 125 g/mol. The van der Waals surface area contributed by atoms with Gasteiger partial charge in [0.15, 0.2) is 0 Å². The van der Waals surface area contributed by atoms with Crippen molar-refractivity contribution in [2.75, 3.05) is 13.6 Å². The number of hydrogen-bond acceptors (Lipinski definition) is 1. The van der Waals surface area contributed by atoms with Gasteiger partial charge in [0, 0.05) is 24.7 Å². The Balaban J connectivity index is 2.74. The highest BCUT2D eigenvalue weighted by molar-refractivity contribution is 5.10. The molecule has 0 saturated carbocycles. The molecule has 52 valence electrons. The minimum absolute atomic E-state index is 0.356. The molecule has 1 fully saturated rings. The van der Waals surface area contributed by atoms with Crippen LogP contribution in [0.3, 0.4) is 0 Å². The molecule has 1 aliphatic rings. The third kappa shape index (κ3) is 0.958. The van der Waals surface area contributed by atoms with E-state index in [-0.39, 0.29) is 0 Å². The lowest BCUT2D eigenvalue weighted by molar-refractivity contribution is 0.437. The molecule has 0 atom stereocenters. The lowest BCUT2D eigenvalue weighted by atomic mass is 9.90. The van der Waals surface area contributed by atoms with Gasteiger partial charge in [0.05, 0.1) is 0 Å². The molecule has 1 heterocycles. The van der Waals surface area contributed by atoms with E-state index >= 15 is 0 Å². The first-order valence-corrected chi connectivity index (χ1v) is 3.44. The summed E-state index contributed by atoms with van der Waals surface area (Å²) in [5, 5.41) is 0. The minimum atomic E-state index is 0.356. The van der Waals surface area contributed by atoms with Gasteiger partial charge in [-0.15, -0.1) is 0 Å². The lowest BCUT2D eigenvalue weighted by Crippen LogP contribution is -2.14. The number of allylic oxidation sites excluding steroid dienone is 1. The average molecular weight is 125 g/mol. The van der Waals surface area contributed by atoms with Gasteiger partial charge in [-0.05, 0) is 6.42 Å². The molecule has 0 aromatic carbocycles. The van der Waals surface area contributed by atoms with Crippen LogP contribution < -0.4 is 0 Å². The van der Waals surface area contributed by atoms with Gasteiger partial charge < -0.3 is 4.90 Å². The van der Waals surface area contributed by atoms with Gasteiger partial charge in [0.1, 0.15) is 0 Å². The molecule has 0 unspecified atom stereocenters. The highest BCUT2D eigenvalue weighted by atomic mass is 15.1. The molecule has 1 aliphatic heterocycles. The quantitative estimate of drug-likeness (QED) is 0.477. The maximum absolute atomic E-state index is 4.01. The van der Waals surface area contributed by atoms with Gasteiger partial charge in [-0.25, -0.2) is 0 Å². The van der Waals surface area contributed by atoms with Crippen LogP contribution in [0.4, 0.5) is 0 Å². The second kappa shape index (κ2) is 1.76. The molecule has 0 spiro atoms. The van der Waals surface area contributed by atoms with E-state index < -0.39 is 0 Å². The normalized spacial score (nSPS) is 25.2. The summed E-state index contributed by atoms with van der Waals surface area (Å²) in [7, 11) is 2.11. The predicted molar refractivity (Wildman–Crippen MR) is 40.2 cm³/mol. The number of rotatable bonds is 0. The van der Waals surface area contributed by atoms with E-state index in [1.807, 2.05) is 0 Å². The molecule has 1 heteroatoms. The first-order valence-electron chi connectivity index (χ1n) is 3.44. The highest BCUT2D eigenvalue weighted by Gasteiger charge is 2.30. The van der Waals surface area contributed by atoms with E-state index in [9.17, 15) is 0 Å². The molecule has 1 rings (SSSR count). The molecule has 0 aromatic rings. The van der Waals surface area contributed by atoms with Crippen molar-refractivity contribution in [1.29, 1.82) is 0 Å². The van der Waals surface area contributed by atoms with Gasteiger partial charge in [0.2, 0.25) is 0 Å². The Labute approximate surface area is 57.4 Å². The van der Waals surface area contributed by atoms with Crippen molar-refractivity contribution in [1.82, 2.24) is 4.90 Å². The van der Waals surface area contributed by atoms with Crippen LogP contribution in [0.1, 0.15) is 20.3 Å². The zero-order chi connectivity index (χ0) is 7.07. The fourth-order valence-electron chi connectivity index (χ4n) is 1.24. The fraction of sp³-hybridized carbons (Fsp3) is 0.750. The van der Waals surface area contributed by atoms with Crippen LogP contribution >= 0.6 is 0 Å². The highest BCUT2D eigenvalue weighted by Crippen LogP contribution is 2.36. The van der Waals surface area contributed by atoms with E-state index in [2.05, 4.69) is 32.4 Å². The fourth-order valence-corrected chi connectivity index (χ4v) is 1.24. The minimum Gasteiger partial charge on any atom is -0.378 e. The van der Waals surface area contributed by atoms with Crippen LogP contribution in [0.2, 0.25) is 0 Å². The Morgan fingerprint density at radius 1 is 1.56 bits per heavy atom. The first kappa shape index (κ1) is 6.66. The number of likely N-dealkylation sites (tertiary alicyclic amines) is 1. The molecule has 0 aliphatic carbocycles. The maximum atomic E-state index is 4.01. The lowest BCUT2D eigenvalue weighted by Gasteiger charge is -2.20. The SMILES string of the molecule is C=C1N(C)CCC1(C)C. The summed E-state index contributed by atoms with van der Waals surface area (Å²) in [5.74, 6) is 0. The van der Waals surface area contributed by atoms with Crippen molar-refractivity contribution in [2.45, 2.75) is 20.3 Å². The number of nitrogens with zero attached hydrogens (tertiary/aromatic N) is 1. The van der Waals surface area contributed by atoms with E-state index in [4.69, 9.17) is 0 Å². The van der Waals surface area contributed by atoms with Crippen LogP contribution in [0.25, 0.3) is 0 Å². The van der Waals surface area contributed by atoms with E-state index in [1.165, 1.54) is 18.7 Å². The Morgan fingerprint density at radius 3 is 2.22 bits per heavy atom. The molecule has 1 nitrogen and oxygen atoms in total. The van der Waals surface area contributed by atoms with Crippen molar-refractivity contribution in [3.05, 3.63) is 12.3 Å². The van der Waals surface area contributed by atoms with Gasteiger partial charge >= 0.3 is 0 Å². The van der Waals surface area contributed by atoms with Crippen molar-refractivity contribution in [3.63, 3.8) is 0 Å². The van der Waals surface area contributed by atoms with Crippen LogP contribution in [0.15, 0.2) is 12.3 Å². The average Bonchev–Trinajstić information content (AvgIpc) is 1.97.